The van der Waals surface area contributed by atoms with Gasteiger partial charge >= 0.3 is 0 Å². The minimum atomic E-state index is 0.196. The zero-order valence-electron chi connectivity index (χ0n) is 15.1. The Kier molecular flexibility index (Phi) is 9.25. The number of thioether (sulfide) groups is 1. The van der Waals surface area contributed by atoms with E-state index in [0.29, 0.717) is 12.0 Å². The van der Waals surface area contributed by atoms with Crippen LogP contribution in [0.2, 0.25) is 0 Å². The van der Waals surface area contributed by atoms with Gasteiger partial charge in [-0.05, 0) is 43.1 Å². The molecule has 0 aromatic heterocycles. The van der Waals surface area contributed by atoms with Gasteiger partial charge in [0.25, 0.3) is 0 Å². The number of rotatable bonds is 7. The first-order chi connectivity index (χ1) is 10.5. The second-order valence-corrected chi connectivity index (χ2v) is 8.13. The predicted molar refractivity (Wildman–Crippen MR) is 98.9 cm³/mol. The van der Waals surface area contributed by atoms with Crippen LogP contribution in [0, 0.1) is 11.3 Å². The minimum absolute atomic E-state index is 0.196. The molecule has 1 aliphatic rings. The Morgan fingerprint density at radius 1 is 1.27 bits per heavy atom. The highest BCUT2D eigenvalue weighted by molar-refractivity contribution is 7.98. The van der Waals surface area contributed by atoms with Crippen LogP contribution in [0.4, 0.5) is 0 Å². The van der Waals surface area contributed by atoms with Crippen LogP contribution in [0.15, 0.2) is 4.99 Å². The van der Waals surface area contributed by atoms with Gasteiger partial charge in [0.1, 0.15) is 0 Å². The predicted octanol–water partition coefficient (Wildman–Crippen LogP) is 3.14. The number of unbranched alkanes of at least 4 members (excludes halogenated alkanes) is 1. The van der Waals surface area contributed by atoms with E-state index in [1.165, 1.54) is 31.4 Å². The Morgan fingerprint density at radius 2 is 2.05 bits per heavy atom. The van der Waals surface area contributed by atoms with Crippen molar-refractivity contribution in [1.82, 2.24) is 10.6 Å². The van der Waals surface area contributed by atoms with Crippen molar-refractivity contribution in [3.8, 4) is 0 Å². The molecule has 4 nitrogen and oxygen atoms in total. The van der Waals surface area contributed by atoms with E-state index >= 15 is 0 Å². The third kappa shape index (κ3) is 7.23. The van der Waals surface area contributed by atoms with Crippen molar-refractivity contribution in [2.45, 2.75) is 52.6 Å². The Balaban J connectivity index is 2.34. The summed E-state index contributed by atoms with van der Waals surface area (Å²) in [4.78, 5) is 4.33. The molecule has 1 saturated heterocycles. The molecule has 0 aliphatic carbocycles. The molecule has 1 heterocycles. The van der Waals surface area contributed by atoms with E-state index in [4.69, 9.17) is 4.74 Å². The van der Waals surface area contributed by atoms with E-state index in [0.717, 1.165) is 25.7 Å². The summed E-state index contributed by atoms with van der Waals surface area (Å²) in [6.45, 7) is 9.65. The largest absolute Gasteiger partial charge is 0.377 e. The normalized spacial score (nSPS) is 23.4. The molecule has 2 N–H and O–H groups in total. The molecule has 0 saturated carbocycles. The summed E-state index contributed by atoms with van der Waals surface area (Å²) in [5.74, 6) is 2.71. The fourth-order valence-electron chi connectivity index (χ4n) is 3.04. The monoisotopic (exact) mass is 329 g/mol. The summed E-state index contributed by atoms with van der Waals surface area (Å²) in [6.07, 6.45) is 7.34. The number of nitrogens with one attached hydrogen (secondary N) is 2. The number of hydrogen-bond donors (Lipinski definition) is 2. The quantitative estimate of drug-likeness (QED) is 0.428. The van der Waals surface area contributed by atoms with Crippen molar-refractivity contribution in [3.63, 3.8) is 0 Å². The molecule has 0 aromatic carbocycles. The molecular formula is C17H35N3OS. The van der Waals surface area contributed by atoms with Gasteiger partial charge in [0.2, 0.25) is 0 Å². The van der Waals surface area contributed by atoms with Crippen LogP contribution in [0.5, 0.6) is 0 Å². The van der Waals surface area contributed by atoms with Gasteiger partial charge in [0.05, 0.1) is 6.10 Å². The zero-order valence-corrected chi connectivity index (χ0v) is 15.9. The lowest BCUT2D eigenvalue weighted by Gasteiger charge is -2.40. The van der Waals surface area contributed by atoms with E-state index in [9.17, 15) is 0 Å². The molecule has 0 bridgehead atoms. The van der Waals surface area contributed by atoms with E-state index < -0.39 is 0 Å². The van der Waals surface area contributed by atoms with Crippen LogP contribution in [0.1, 0.15) is 46.5 Å². The fourth-order valence-corrected chi connectivity index (χ4v) is 3.53. The smallest absolute Gasteiger partial charge is 0.190 e. The molecule has 5 heteroatoms. The first-order valence-corrected chi connectivity index (χ1v) is 9.93. The molecule has 0 aromatic rings. The van der Waals surface area contributed by atoms with Crippen molar-refractivity contribution < 1.29 is 4.74 Å². The van der Waals surface area contributed by atoms with Crippen molar-refractivity contribution in [1.29, 1.82) is 0 Å². The first-order valence-electron chi connectivity index (χ1n) is 8.54. The van der Waals surface area contributed by atoms with Gasteiger partial charge in [0, 0.05) is 32.7 Å². The molecule has 0 amide bonds. The van der Waals surface area contributed by atoms with E-state index in [1.807, 2.05) is 18.8 Å². The topological polar surface area (TPSA) is 45.7 Å². The number of nitrogens with zero attached hydrogens (tertiary/aromatic N) is 1. The lowest BCUT2D eigenvalue weighted by atomic mass is 9.78. The maximum atomic E-state index is 6.04. The fraction of sp³-hybridized carbons (Fsp3) is 0.941. The lowest BCUT2D eigenvalue weighted by molar-refractivity contribution is -0.0835. The van der Waals surface area contributed by atoms with Crippen molar-refractivity contribution in [3.05, 3.63) is 0 Å². The Morgan fingerprint density at radius 3 is 2.68 bits per heavy atom. The number of aliphatic imine (C=N–C) groups is 1. The summed E-state index contributed by atoms with van der Waals surface area (Å²) in [7, 11) is 1.84. The molecule has 0 spiro atoms. The molecule has 130 valence electrons. The highest BCUT2D eigenvalue weighted by Gasteiger charge is 2.35. The summed E-state index contributed by atoms with van der Waals surface area (Å²) >= 11 is 1.91. The molecule has 2 unspecified atom stereocenters. The average molecular weight is 330 g/mol. The number of ether oxygens (including phenoxy) is 1. The standard InChI is InChI=1S/C17H35N3OS/c1-17(2,3)15-14(9-8-11-21-15)13-20-16(18-4)19-10-6-7-12-22-5/h14-15H,6-13H2,1-5H3,(H2,18,19,20). The van der Waals surface area contributed by atoms with Crippen LogP contribution >= 0.6 is 11.8 Å². The Labute approximate surface area is 141 Å². The SMILES string of the molecule is CN=C(NCCCCSC)NCC1CCCOC1C(C)(C)C. The highest BCUT2D eigenvalue weighted by Crippen LogP contribution is 2.33. The maximum absolute atomic E-state index is 6.04. The van der Waals surface area contributed by atoms with Crippen LogP contribution in [-0.2, 0) is 4.74 Å². The van der Waals surface area contributed by atoms with Crippen molar-refractivity contribution in [2.75, 3.05) is 38.8 Å². The van der Waals surface area contributed by atoms with Crippen molar-refractivity contribution in [2.24, 2.45) is 16.3 Å². The van der Waals surface area contributed by atoms with Crippen LogP contribution < -0.4 is 10.6 Å². The van der Waals surface area contributed by atoms with Gasteiger partial charge in [0.15, 0.2) is 5.96 Å². The van der Waals surface area contributed by atoms with E-state index in [1.54, 1.807) is 0 Å². The molecule has 0 radical (unpaired) electrons. The van der Waals surface area contributed by atoms with Gasteiger partial charge < -0.3 is 15.4 Å². The summed E-state index contributed by atoms with van der Waals surface area (Å²) in [5, 5.41) is 6.90. The second-order valence-electron chi connectivity index (χ2n) is 7.14. The first kappa shape index (κ1) is 19.6. The van der Waals surface area contributed by atoms with Gasteiger partial charge in [-0.15, -0.1) is 0 Å². The van der Waals surface area contributed by atoms with Crippen molar-refractivity contribution >= 4 is 17.7 Å². The second kappa shape index (κ2) is 10.4. The summed E-state index contributed by atoms with van der Waals surface area (Å²) in [5.41, 5.74) is 0.196. The molecule has 1 fully saturated rings. The van der Waals surface area contributed by atoms with Gasteiger partial charge in [-0.3, -0.25) is 4.99 Å². The summed E-state index contributed by atoms with van der Waals surface area (Å²) < 4.78 is 6.04. The Bertz CT molecular complexity index is 328. The molecule has 2 atom stereocenters. The third-order valence-electron chi connectivity index (χ3n) is 4.12. The molecular weight excluding hydrogens is 294 g/mol. The maximum Gasteiger partial charge on any atom is 0.190 e. The van der Waals surface area contributed by atoms with Gasteiger partial charge in [-0.25, -0.2) is 0 Å². The number of hydrogen-bond acceptors (Lipinski definition) is 3. The van der Waals surface area contributed by atoms with Crippen LogP contribution in [-0.4, -0.2) is 50.8 Å². The highest BCUT2D eigenvalue weighted by atomic mass is 32.2. The van der Waals surface area contributed by atoms with Gasteiger partial charge in [-0.1, -0.05) is 20.8 Å². The molecule has 22 heavy (non-hydrogen) atoms. The van der Waals surface area contributed by atoms with E-state index in [-0.39, 0.29) is 5.41 Å². The molecule has 1 aliphatic heterocycles. The zero-order chi connectivity index (χ0) is 16.4. The van der Waals surface area contributed by atoms with Crippen LogP contribution in [0.3, 0.4) is 0 Å². The Hall–Kier alpha value is -0.420. The van der Waals surface area contributed by atoms with E-state index in [2.05, 4.69) is 42.7 Å². The third-order valence-corrected chi connectivity index (χ3v) is 4.82. The average Bonchev–Trinajstić information content (AvgIpc) is 2.49. The number of guanidine groups is 1. The van der Waals surface area contributed by atoms with Crippen LogP contribution in [0.25, 0.3) is 0 Å². The van der Waals surface area contributed by atoms with Gasteiger partial charge in [-0.2, -0.15) is 11.8 Å². The minimum Gasteiger partial charge on any atom is -0.377 e. The molecule has 1 rings (SSSR count). The lowest BCUT2D eigenvalue weighted by Crippen LogP contribution is -2.47. The summed E-state index contributed by atoms with van der Waals surface area (Å²) in [6, 6.07) is 0.